The molecular weight excluding hydrogens is 332 g/mol. The molecule has 0 saturated heterocycles. The number of phenols is 1. The Morgan fingerprint density at radius 3 is 1.52 bits per heavy atom. The van der Waals surface area contributed by atoms with Gasteiger partial charge in [-0.2, -0.15) is 0 Å². The second-order valence-electron chi connectivity index (χ2n) is 6.32. The maximum atomic E-state index is 11.3. The van der Waals surface area contributed by atoms with Crippen molar-refractivity contribution in [3.8, 4) is 44.9 Å². The molecule has 0 atom stereocenters. The molecule has 0 unspecified atom stereocenters. The van der Waals surface area contributed by atoms with Gasteiger partial charge in [-0.05, 0) is 22.8 Å². The first-order chi connectivity index (χ1) is 13.3. The smallest absolute Gasteiger partial charge is 0.132 e. The van der Waals surface area contributed by atoms with Gasteiger partial charge in [0.2, 0.25) is 0 Å². The summed E-state index contributed by atoms with van der Waals surface area (Å²) >= 11 is 0. The lowest BCUT2D eigenvalue weighted by molar-refractivity contribution is 0.415. The summed E-state index contributed by atoms with van der Waals surface area (Å²) in [5.41, 5.74) is 5.32. The molecule has 2 nitrogen and oxygen atoms in total. The minimum absolute atomic E-state index is 0.257. The van der Waals surface area contributed by atoms with E-state index in [2.05, 4.69) is 0 Å². The first kappa shape index (κ1) is 16.9. The van der Waals surface area contributed by atoms with Crippen molar-refractivity contribution in [3.63, 3.8) is 0 Å². The van der Waals surface area contributed by atoms with E-state index in [1.54, 1.807) is 7.11 Å². The van der Waals surface area contributed by atoms with E-state index in [1.165, 1.54) is 0 Å². The zero-order chi connectivity index (χ0) is 18.6. The first-order valence-electron chi connectivity index (χ1n) is 8.90. The predicted molar refractivity (Wildman–Crippen MR) is 111 cm³/mol. The van der Waals surface area contributed by atoms with Crippen molar-refractivity contribution in [1.82, 2.24) is 0 Å². The fourth-order valence-corrected chi connectivity index (χ4v) is 3.42. The summed E-state index contributed by atoms with van der Waals surface area (Å²) in [6.45, 7) is 0. The van der Waals surface area contributed by atoms with Gasteiger partial charge in [0.25, 0.3) is 0 Å². The molecule has 0 radical (unpaired) electrons. The lowest BCUT2D eigenvalue weighted by Gasteiger charge is -2.19. The number of hydrogen-bond acceptors (Lipinski definition) is 2. The minimum Gasteiger partial charge on any atom is -0.507 e. The van der Waals surface area contributed by atoms with Gasteiger partial charge in [-0.25, -0.2) is 0 Å². The van der Waals surface area contributed by atoms with Crippen LogP contribution in [0.3, 0.4) is 0 Å². The molecule has 27 heavy (non-hydrogen) atoms. The molecule has 0 aliphatic heterocycles. The Morgan fingerprint density at radius 2 is 1.04 bits per heavy atom. The van der Waals surface area contributed by atoms with Gasteiger partial charge >= 0.3 is 0 Å². The van der Waals surface area contributed by atoms with Crippen LogP contribution in [0, 0.1) is 0 Å². The topological polar surface area (TPSA) is 29.5 Å². The Morgan fingerprint density at radius 1 is 0.593 bits per heavy atom. The van der Waals surface area contributed by atoms with E-state index in [0.29, 0.717) is 0 Å². The van der Waals surface area contributed by atoms with Crippen molar-refractivity contribution in [1.29, 1.82) is 0 Å². The molecule has 0 aliphatic rings. The molecule has 4 aromatic carbocycles. The molecule has 0 spiro atoms. The van der Waals surface area contributed by atoms with E-state index >= 15 is 0 Å². The van der Waals surface area contributed by atoms with E-state index in [1.807, 2.05) is 97.1 Å². The van der Waals surface area contributed by atoms with Crippen LogP contribution in [0.4, 0.5) is 0 Å². The Labute approximate surface area is 159 Å². The number of ether oxygens (including phenoxy) is 1. The summed E-state index contributed by atoms with van der Waals surface area (Å²) in [6.07, 6.45) is 0. The Kier molecular flexibility index (Phi) is 4.63. The lowest BCUT2D eigenvalue weighted by atomic mass is 9.89. The Balaban J connectivity index is 2.09. The number of benzene rings is 4. The summed E-state index contributed by atoms with van der Waals surface area (Å²) in [5, 5.41) is 11.3. The molecular formula is C25H20O2. The van der Waals surface area contributed by atoms with Gasteiger partial charge < -0.3 is 9.84 Å². The van der Waals surface area contributed by atoms with Crippen LogP contribution in [-0.2, 0) is 0 Å². The fraction of sp³-hybridized carbons (Fsp3) is 0.0400. The van der Waals surface area contributed by atoms with E-state index in [9.17, 15) is 5.11 Å². The fourth-order valence-electron chi connectivity index (χ4n) is 3.42. The van der Waals surface area contributed by atoms with E-state index in [0.717, 1.165) is 39.1 Å². The van der Waals surface area contributed by atoms with Crippen LogP contribution in [0.1, 0.15) is 0 Å². The van der Waals surface area contributed by atoms with Crippen LogP contribution >= 0.6 is 0 Å². The summed E-state index contributed by atoms with van der Waals surface area (Å²) in [6, 6.07) is 31.8. The monoisotopic (exact) mass is 352 g/mol. The second-order valence-corrected chi connectivity index (χ2v) is 6.32. The molecule has 4 aromatic rings. The third-order valence-electron chi connectivity index (χ3n) is 4.69. The molecule has 0 fully saturated rings. The van der Waals surface area contributed by atoms with Crippen LogP contribution in [0.2, 0.25) is 0 Å². The summed E-state index contributed by atoms with van der Waals surface area (Å²) in [4.78, 5) is 0. The van der Waals surface area contributed by atoms with Crippen LogP contribution in [0.25, 0.3) is 33.4 Å². The maximum absolute atomic E-state index is 11.3. The quantitative estimate of drug-likeness (QED) is 0.460. The third-order valence-corrected chi connectivity index (χ3v) is 4.69. The standard InChI is InChI=1S/C25H20O2/c1-27-22-17-21(18-11-5-2-6-12-18)25(26)24(20-15-9-4-10-16-20)23(22)19-13-7-3-8-14-19/h2-17,26H,1H3. The highest BCUT2D eigenvalue weighted by atomic mass is 16.5. The van der Waals surface area contributed by atoms with Crippen LogP contribution in [0.15, 0.2) is 97.1 Å². The van der Waals surface area contributed by atoms with Gasteiger partial charge in [0.15, 0.2) is 0 Å². The average Bonchev–Trinajstić information content (AvgIpc) is 2.75. The van der Waals surface area contributed by atoms with E-state index in [-0.39, 0.29) is 5.75 Å². The molecule has 132 valence electrons. The molecule has 0 amide bonds. The van der Waals surface area contributed by atoms with Crippen molar-refractivity contribution in [2.75, 3.05) is 7.11 Å². The molecule has 0 aliphatic carbocycles. The number of hydrogen-bond donors (Lipinski definition) is 1. The van der Waals surface area contributed by atoms with Crippen molar-refractivity contribution in [3.05, 3.63) is 97.1 Å². The third kappa shape index (κ3) is 3.18. The summed E-state index contributed by atoms with van der Waals surface area (Å²) in [7, 11) is 1.67. The van der Waals surface area contributed by atoms with Crippen molar-refractivity contribution in [2.24, 2.45) is 0 Å². The van der Waals surface area contributed by atoms with Gasteiger partial charge in [0.1, 0.15) is 11.5 Å². The Bertz CT molecular complexity index is 1040. The summed E-state index contributed by atoms with van der Waals surface area (Å²) < 4.78 is 5.77. The molecule has 0 heterocycles. The molecule has 0 aromatic heterocycles. The predicted octanol–water partition coefficient (Wildman–Crippen LogP) is 6.40. The van der Waals surface area contributed by atoms with Crippen molar-refractivity contribution < 1.29 is 9.84 Å². The zero-order valence-electron chi connectivity index (χ0n) is 15.1. The second kappa shape index (κ2) is 7.38. The van der Waals surface area contributed by atoms with E-state index < -0.39 is 0 Å². The highest BCUT2D eigenvalue weighted by Crippen LogP contribution is 2.49. The van der Waals surface area contributed by atoms with Crippen LogP contribution < -0.4 is 4.74 Å². The lowest BCUT2D eigenvalue weighted by Crippen LogP contribution is -1.95. The Hall–Kier alpha value is -3.52. The molecule has 1 N–H and O–H groups in total. The zero-order valence-corrected chi connectivity index (χ0v) is 15.1. The molecule has 0 saturated carbocycles. The number of methoxy groups -OCH3 is 1. The number of phenolic OH excluding ortho intramolecular Hbond substituents is 1. The first-order valence-corrected chi connectivity index (χ1v) is 8.90. The van der Waals surface area contributed by atoms with Gasteiger partial charge in [-0.3, -0.25) is 0 Å². The SMILES string of the molecule is COc1cc(-c2ccccc2)c(O)c(-c2ccccc2)c1-c1ccccc1. The normalized spacial score (nSPS) is 10.6. The van der Waals surface area contributed by atoms with Crippen LogP contribution in [0.5, 0.6) is 11.5 Å². The number of rotatable bonds is 4. The molecule has 4 rings (SSSR count). The van der Waals surface area contributed by atoms with Gasteiger partial charge in [-0.1, -0.05) is 91.0 Å². The largest absolute Gasteiger partial charge is 0.507 e. The van der Waals surface area contributed by atoms with Gasteiger partial charge in [-0.15, -0.1) is 0 Å². The average molecular weight is 352 g/mol. The molecule has 0 bridgehead atoms. The number of aromatic hydroxyl groups is 1. The highest BCUT2D eigenvalue weighted by Gasteiger charge is 2.21. The summed E-state index contributed by atoms with van der Waals surface area (Å²) in [5.74, 6) is 0.990. The van der Waals surface area contributed by atoms with Crippen LogP contribution in [-0.4, -0.2) is 12.2 Å². The van der Waals surface area contributed by atoms with Gasteiger partial charge in [0, 0.05) is 16.7 Å². The maximum Gasteiger partial charge on any atom is 0.132 e. The highest BCUT2D eigenvalue weighted by molar-refractivity contribution is 5.96. The van der Waals surface area contributed by atoms with Gasteiger partial charge in [0.05, 0.1) is 7.11 Å². The van der Waals surface area contributed by atoms with E-state index in [4.69, 9.17) is 4.74 Å². The molecule has 2 heteroatoms. The minimum atomic E-state index is 0.257. The van der Waals surface area contributed by atoms with Crippen molar-refractivity contribution >= 4 is 0 Å². The van der Waals surface area contributed by atoms with Crippen molar-refractivity contribution in [2.45, 2.75) is 0 Å².